The molecule has 4 heteroatoms. The summed E-state index contributed by atoms with van der Waals surface area (Å²) in [5, 5.41) is 12.3. The molecule has 0 spiro atoms. The van der Waals surface area contributed by atoms with E-state index < -0.39 is 0 Å². The maximum absolute atomic E-state index is 9.13. The average molecular weight is 243 g/mol. The second-order valence-electron chi connectivity index (χ2n) is 4.26. The van der Waals surface area contributed by atoms with Crippen LogP contribution in [0, 0.1) is 0 Å². The van der Waals surface area contributed by atoms with Gasteiger partial charge in [0, 0.05) is 36.6 Å². The molecule has 0 bridgehead atoms. The third-order valence-electron chi connectivity index (χ3n) is 2.51. The number of rotatable bonds is 5. The van der Waals surface area contributed by atoms with Crippen molar-refractivity contribution in [1.82, 2.24) is 15.3 Å². The zero-order valence-corrected chi connectivity index (χ0v) is 10.4. The summed E-state index contributed by atoms with van der Waals surface area (Å²) in [6.45, 7) is 2.99. The minimum absolute atomic E-state index is 0.338. The standard InChI is InChI=1S/C14H17N3O/c1-11(18)7-15-8-12-9-16-14(17-10-12)13-5-3-2-4-6-13/h2-6,9-11,15,18H,7-8H2,1H3. The van der Waals surface area contributed by atoms with Crippen molar-refractivity contribution in [2.45, 2.75) is 19.6 Å². The third kappa shape index (κ3) is 3.61. The predicted octanol–water partition coefficient (Wildman–Crippen LogP) is 1.61. The molecule has 18 heavy (non-hydrogen) atoms. The third-order valence-corrected chi connectivity index (χ3v) is 2.51. The van der Waals surface area contributed by atoms with Gasteiger partial charge in [0.05, 0.1) is 6.10 Å². The van der Waals surface area contributed by atoms with E-state index in [9.17, 15) is 0 Å². The Bertz CT molecular complexity index is 468. The molecule has 0 aliphatic rings. The normalized spacial score (nSPS) is 12.3. The molecule has 0 saturated carbocycles. The van der Waals surface area contributed by atoms with Crippen molar-refractivity contribution in [3.8, 4) is 11.4 Å². The van der Waals surface area contributed by atoms with Gasteiger partial charge in [-0.3, -0.25) is 0 Å². The molecule has 2 N–H and O–H groups in total. The fourth-order valence-electron chi connectivity index (χ4n) is 1.61. The van der Waals surface area contributed by atoms with Crippen LogP contribution in [0.4, 0.5) is 0 Å². The van der Waals surface area contributed by atoms with Crippen LogP contribution in [0.2, 0.25) is 0 Å². The van der Waals surface area contributed by atoms with Crippen LogP contribution in [0.25, 0.3) is 11.4 Å². The summed E-state index contributed by atoms with van der Waals surface area (Å²) in [6.07, 6.45) is 3.28. The molecule has 4 nitrogen and oxygen atoms in total. The topological polar surface area (TPSA) is 58.0 Å². The van der Waals surface area contributed by atoms with Crippen LogP contribution in [0.1, 0.15) is 12.5 Å². The summed E-state index contributed by atoms with van der Waals surface area (Å²) >= 11 is 0. The first-order chi connectivity index (χ1) is 8.75. The van der Waals surface area contributed by atoms with Crippen LogP contribution in [0.3, 0.4) is 0 Å². The molecule has 0 fully saturated rings. The fourth-order valence-corrected chi connectivity index (χ4v) is 1.61. The Labute approximate surface area is 107 Å². The Kier molecular flexibility index (Phi) is 4.39. The maximum atomic E-state index is 9.13. The second-order valence-corrected chi connectivity index (χ2v) is 4.26. The monoisotopic (exact) mass is 243 g/mol. The minimum atomic E-state index is -0.338. The van der Waals surface area contributed by atoms with Crippen molar-refractivity contribution in [1.29, 1.82) is 0 Å². The fraction of sp³-hybridized carbons (Fsp3) is 0.286. The van der Waals surface area contributed by atoms with Crippen molar-refractivity contribution in [2.75, 3.05) is 6.54 Å². The zero-order valence-electron chi connectivity index (χ0n) is 10.4. The molecule has 0 radical (unpaired) electrons. The summed E-state index contributed by atoms with van der Waals surface area (Å²) < 4.78 is 0. The van der Waals surface area contributed by atoms with Gasteiger partial charge in [0.25, 0.3) is 0 Å². The Hall–Kier alpha value is -1.78. The smallest absolute Gasteiger partial charge is 0.159 e. The number of hydrogen-bond acceptors (Lipinski definition) is 4. The molecule has 0 aliphatic carbocycles. The van der Waals surface area contributed by atoms with Crippen LogP contribution < -0.4 is 5.32 Å². The van der Waals surface area contributed by atoms with E-state index >= 15 is 0 Å². The van der Waals surface area contributed by atoms with Gasteiger partial charge in [0.15, 0.2) is 5.82 Å². The first-order valence-corrected chi connectivity index (χ1v) is 6.01. The number of aliphatic hydroxyl groups is 1. The number of benzene rings is 1. The molecule has 1 heterocycles. The van der Waals surface area contributed by atoms with Gasteiger partial charge in [0.2, 0.25) is 0 Å². The zero-order chi connectivity index (χ0) is 12.8. The summed E-state index contributed by atoms with van der Waals surface area (Å²) in [6, 6.07) is 9.88. The number of aliphatic hydroxyl groups excluding tert-OH is 1. The van der Waals surface area contributed by atoms with Gasteiger partial charge in [-0.15, -0.1) is 0 Å². The highest BCUT2D eigenvalue weighted by Crippen LogP contribution is 2.12. The predicted molar refractivity (Wildman–Crippen MR) is 70.9 cm³/mol. The van der Waals surface area contributed by atoms with E-state index in [1.165, 1.54) is 0 Å². The molecule has 2 aromatic rings. The molecule has 2 rings (SSSR count). The number of hydrogen-bond donors (Lipinski definition) is 2. The van der Waals surface area contributed by atoms with Gasteiger partial charge < -0.3 is 10.4 Å². The van der Waals surface area contributed by atoms with E-state index in [1.54, 1.807) is 6.92 Å². The van der Waals surface area contributed by atoms with Crippen molar-refractivity contribution in [3.63, 3.8) is 0 Å². The summed E-state index contributed by atoms with van der Waals surface area (Å²) in [5.74, 6) is 0.731. The van der Waals surface area contributed by atoms with Crippen molar-refractivity contribution in [3.05, 3.63) is 48.3 Å². The largest absolute Gasteiger partial charge is 0.392 e. The number of nitrogens with zero attached hydrogens (tertiary/aromatic N) is 2. The highest BCUT2D eigenvalue weighted by atomic mass is 16.3. The van der Waals surface area contributed by atoms with Crippen molar-refractivity contribution >= 4 is 0 Å². The first kappa shape index (κ1) is 12.7. The van der Waals surface area contributed by atoms with Gasteiger partial charge in [0.1, 0.15) is 0 Å². The van der Waals surface area contributed by atoms with Gasteiger partial charge in [-0.25, -0.2) is 9.97 Å². The van der Waals surface area contributed by atoms with Crippen LogP contribution in [0.5, 0.6) is 0 Å². The molecule has 0 amide bonds. The molecule has 0 saturated heterocycles. The second kappa shape index (κ2) is 6.23. The summed E-state index contributed by atoms with van der Waals surface area (Å²) in [4.78, 5) is 8.67. The Morgan fingerprint density at radius 2 is 1.83 bits per heavy atom. The van der Waals surface area contributed by atoms with Gasteiger partial charge in [-0.05, 0) is 6.92 Å². The molecule has 1 atom stereocenters. The van der Waals surface area contributed by atoms with E-state index in [-0.39, 0.29) is 6.10 Å². The highest BCUT2D eigenvalue weighted by molar-refractivity contribution is 5.53. The SMILES string of the molecule is CC(O)CNCc1cnc(-c2ccccc2)nc1. The molecule has 1 aromatic heterocycles. The number of nitrogens with one attached hydrogen (secondary N) is 1. The van der Waals surface area contributed by atoms with E-state index in [0.29, 0.717) is 13.1 Å². The summed E-state index contributed by atoms with van der Waals surface area (Å²) in [7, 11) is 0. The lowest BCUT2D eigenvalue weighted by Crippen LogP contribution is -2.23. The Morgan fingerprint density at radius 1 is 1.17 bits per heavy atom. The van der Waals surface area contributed by atoms with Crippen LogP contribution in [-0.2, 0) is 6.54 Å². The van der Waals surface area contributed by atoms with Crippen molar-refractivity contribution in [2.24, 2.45) is 0 Å². The minimum Gasteiger partial charge on any atom is -0.392 e. The highest BCUT2D eigenvalue weighted by Gasteiger charge is 2.01. The first-order valence-electron chi connectivity index (χ1n) is 6.01. The quantitative estimate of drug-likeness (QED) is 0.837. The Balaban J connectivity index is 1.98. The lowest BCUT2D eigenvalue weighted by molar-refractivity contribution is 0.191. The molecule has 94 valence electrons. The van der Waals surface area contributed by atoms with Gasteiger partial charge in [-0.2, -0.15) is 0 Å². The lowest BCUT2D eigenvalue weighted by Gasteiger charge is -2.06. The summed E-state index contributed by atoms with van der Waals surface area (Å²) in [5.41, 5.74) is 2.02. The molecular formula is C14H17N3O. The van der Waals surface area contributed by atoms with Crippen LogP contribution >= 0.6 is 0 Å². The van der Waals surface area contributed by atoms with E-state index in [0.717, 1.165) is 17.0 Å². The van der Waals surface area contributed by atoms with Gasteiger partial charge in [-0.1, -0.05) is 30.3 Å². The van der Waals surface area contributed by atoms with Crippen LogP contribution in [0.15, 0.2) is 42.7 Å². The number of aromatic nitrogens is 2. The van der Waals surface area contributed by atoms with Crippen molar-refractivity contribution < 1.29 is 5.11 Å². The van der Waals surface area contributed by atoms with E-state index in [2.05, 4.69) is 15.3 Å². The molecule has 0 aliphatic heterocycles. The van der Waals surface area contributed by atoms with Gasteiger partial charge >= 0.3 is 0 Å². The van der Waals surface area contributed by atoms with Crippen LogP contribution in [-0.4, -0.2) is 27.7 Å². The average Bonchev–Trinajstić information content (AvgIpc) is 2.40. The molecule has 1 aromatic carbocycles. The van der Waals surface area contributed by atoms with E-state index in [1.807, 2.05) is 42.7 Å². The maximum Gasteiger partial charge on any atom is 0.159 e. The van der Waals surface area contributed by atoms with E-state index in [4.69, 9.17) is 5.11 Å². The molecule has 1 unspecified atom stereocenters. The Morgan fingerprint density at radius 3 is 2.44 bits per heavy atom. The molecular weight excluding hydrogens is 226 g/mol. The lowest BCUT2D eigenvalue weighted by atomic mass is 10.2.